The van der Waals surface area contributed by atoms with E-state index in [2.05, 4.69) is 9.88 Å². The number of para-hydroxylation sites is 2. The first kappa shape index (κ1) is 17.6. The lowest BCUT2D eigenvalue weighted by atomic mass is 10.2. The summed E-state index contributed by atoms with van der Waals surface area (Å²) < 4.78 is 17.4. The summed E-state index contributed by atoms with van der Waals surface area (Å²) in [6.45, 7) is 3.13. The van der Waals surface area contributed by atoms with Gasteiger partial charge in [0.2, 0.25) is 0 Å². The van der Waals surface area contributed by atoms with Crippen molar-refractivity contribution < 1.29 is 19.0 Å². The number of benzene rings is 2. The molecular formula is C20H20N2O4S. The van der Waals surface area contributed by atoms with Gasteiger partial charge in [0.05, 0.1) is 24.9 Å². The van der Waals surface area contributed by atoms with Crippen molar-refractivity contribution in [2.24, 2.45) is 0 Å². The molecule has 0 atom stereocenters. The molecule has 3 aromatic rings. The molecule has 0 aliphatic carbocycles. The van der Waals surface area contributed by atoms with Gasteiger partial charge in [0.1, 0.15) is 23.1 Å². The monoisotopic (exact) mass is 384 g/mol. The molecule has 0 unspecified atom stereocenters. The molecule has 7 heteroatoms. The van der Waals surface area contributed by atoms with Crippen LogP contribution in [0.3, 0.4) is 0 Å². The van der Waals surface area contributed by atoms with Crippen LogP contribution in [-0.2, 0) is 9.53 Å². The molecule has 27 heavy (non-hydrogen) atoms. The number of carbonyl (C=O) groups excluding carboxylic acids is 1. The SMILES string of the molecule is COc1cccc2sc(N3CC(OC(=O)COc4ccccc4C)C3)nc12. The van der Waals surface area contributed by atoms with Gasteiger partial charge in [-0.15, -0.1) is 0 Å². The van der Waals surface area contributed by atoms with Crippen molar-refractivity contribution in [1.82, 2.24) is 4.98 Å². The van der Waals surface area contributed by atoms with Crippen LogP contribution in [0.15, 0.2) is 42.5 Å². The van der Waals surface area contributed by atoms with Crippen LogP contribution in [0.5, 0.6) is 11.5 Å². The maximum absolute atomic E-state index is 12.0. The maximum Gasteiger partial charge on any atom is 0.344 e. The summed E-state index contributed by atoms with van der Waals surface area (Å²) in [7, 11) is 1.64. The van der Waals surface area contributed by atoms with Crippen LogP contribution in [0.2, 0.25) is 0 Å². The van der Waals surface area contributed by atoms with E-state index in [4.69, 9.17) is 14.2 Å². The molecule has 4 rings (SSSR count). The highest BCUT2D eigenvalue weighted by Crippen LogP contribution is 2.35. The van der Waals surface area contributed by atoms with Crippen molar-refractivity contribution in [2.45, 2.75) is 13.0 Å². The maximum atomic E-state index is 12.0. The number of hydrogen-bond donors (Lipinski definition) is 0. The van der Waals surface area contributed by atoms with Crippen LogP contribution < -0.4 is 14.4 Å². The van der Waals surface area contributed by atoms with E-state index in [1.54, 1.807) is 18.4 Å². The third-order valence-corrected chi connectivity index (χ3v) is 5.53. The predicted octanol–water partition coefficient (Wildman–Crippen LogP) is 3.42. The number of hydrogen-bond acceptors (Lipinski definition) is 7. The topological polar surface area (TPSA) is 60.9 Å². The van der Waals surface area contributed by atoms with Crippen LogP contribution >= 0.6 is 11.3 Å². The highest BCUT2D eigenvalue weighted by Gasteiger charge is 2.32. The Labute approximate surface area is 161 Å². The van der Waals surface area contributed by atoms with Gasteiger partial charge in [-0.25, -0.2) is 9.78 Å². The van der Waals surface area contributed by atoms with Gasteiger partial charge in [-0.2, -0.15) is 0 Å². The number of methoxy groups -OCH3 is 1. The summed E-state index contributed by atoms with van der Waals surface area (Å²) in [4.78, 5) is 18.8. The van der Waals surface area contributed by atoms with E-state index in [0.717, 1.165) is 26.7 Å². The Kier molecular flexibility index (Phi) is 4.85. The molecule has 0 bridgehead atoms. The van der Waals surface area contributed by atoms with Gasteiger partial charge in [0, 0.05) is 0 Å². The number of carbonyl (C=O) groups is 1. The number of aromatic nitrogens is 1. The van der Waals surface area contributed by atoms with Crippen LogP contribution in [-0.4, -0.2) is 43.9 Å². The zero-order valence-corrected chi connectivity index (χ0v) is 16.0. The molecule has 1 saturated heterocycles. The number of aryl methyl sites for hydroxylation is 1. The van der Waals surface area contributed by atoms with E-state index in [0.29, 0.717) is 18.8 Å². The lowest BCUT2D eigenvalue weighted by Crippen LogP contribution is -2.53. The second kappa shape index (κ2) is 7.44. The fourth-order valence-corrected chi connectivity index (χ4v) is 3.96. The molecule has 0 N–H and O–H groups in total. The van der Waals surface area contributed by atoms with Gasteiger partial charge in [0.15, 0.2) is 11.7 Å². The summed E-state index contributed by atoms with van der Waals surface area (Å²) in [6.07, 6.45) is -0.133. The minimum atomic E-state index is -0.353. The van der Waals surface area contributed by atoms with Gasteiger partial charge >= 0.3 is 5.97 Å². The van der Waals surface area contributed by atoms with Crippen molar-refractivity contribution in [3.8, 4) is 11.5 Å². The largest absolute Gasteiger partial charge is 0.494 e. The summed E-state index contributed by atoms with van der Waals surface area (Å²) in [5.41, 5.74) is 1.86. The van der Waals surface area contributed by atoms with Gasteiger partial charge in [-0.1, -0.05) is 35.6 Å². The Morgan fingerprint density at radius 3 is 2.74 bits per heavy atom. The Balaban J connectivity index is 1.29. The van der Waals surface area contributed by atoms with E-state index >= 15 is 0 Å². The summed E-state index contributed by atoms with van der Waals surface area (Å²) in [5.74, 6) is 1.12. The van der Waals surface area contributed by atoms with Gasteiger partial charge in [-0.05, 0) is 30.7 Å². The van der Waals surface area contributed by atoms with Crippen molar-refractivity contribution in [3.63, 3.8) is 0 Å². The van der Waals surface area contributed by atoms with Gasteiger partial charge in [-0.3, -0.25) is 0 Å². The third kappa shape index (κ3) is 3.68. The second-order valence-electron chi connectivity index (χ2n) is 6.37. The number of esters is 1. The van der Waals surface area contributed by atoms with Crippen LogP contribution in [0.1, 0.15) is 5.56 Å². The Morgan fingerprint density at radius 2 is 1.96 bits per heavy atom. The molecule has 140 valence electrons. The molecule has 0 spiro atoms. The van der Waals surface area contributed by atoms with E-state index < -0.39 is 0 Å². The highest BCUT2D eigenvalue weighted by atomic mass is 32.1. The fourth-order valence-electron chi connectivity index (χ4n) is 2.96. The Morgan fingerprint density at radius 1 is 1.19 bits per heavy atom. The molecule has 1 aromatic heterocycles. The van der Waals surface area contributed by atoms with Gasteiger partial charge in [0.25, 0.3) is 0 Å². The molecule has 1 fully saturated rings. The van der Waals surface area contributed by atoms with E-state index in [1.807, 2.05) is 49.4 Å². The average molecular weight is 384 g/mol. The van der Waals surface area contributed by atoms with Gasteiger partial charge < -0.3 is 19.1 Å². The van der Waals surface area contributed by atoms with E-state index in [-0.39, 0.29) is 18.7 Å². The number of rotatable bonds is 6. The summed E-state index contributed by atoms with van der Waals surface area (Å²) >= 11 is 1.61. The lowest BCUT2D eigenvalue weighted by molar-refractivity contribution is -0.152. The first-order chi connectivity index (χ1) is 13.1. The quantitative estimate of drug-likeness (QED) is 0.607. The minimum absolute atomic E-state index is 0.0836. The Bertz CT molecular complexity index is 966. The molecule has 6 nitrogen and oxygen atoms in total. The molecular weight excluding hydrogens is 364 g/mol. The van der Waals surface area contributed by atoms with Crippen LogP contribution in [0.25, 0.3) is 10.2 Å². The molecule has 0 amide bonds. The minimum Gasteiger partial charge on any atom is -0.494 e. The Hall–Kier alpha value is -2.80. The van der Waals surface area contributed by atoms with Crippen molar-refractivity contribution >= 4 is 32.7 Å². The molecule has 1 aliphatic heterocycles. The predicted molar refractivity (Wildman–Crippen MR) is 105 cm³/mol. The normalized spacial score (nSPS) is 14.1. The molecule has 1 aliphatic rings. The smallest absolute Gasteiger partial charge is 0.344 e. The van der Waals surface area contributed by atoms with E-state index in [9.17, 15) is 4.79 Å². The number of ether oxygens (including phenoxy) is 3. The number of anilines is 1. The van der Waals surface area contributed by atoms with Crippen molar-refractivity contribution in [1.29, 1.82) is 0 Å². The summed E-state index contributed by atoms with van der Waals surface area (Å²) in [6, 6.07) is 13.5. The molecule has 0 saturated carbocycles. The van der Waals surface area contributed by atoms with Crippen molar-refractivity contribution in [2.75, 3.05) is 31.7 Å². The first-order valence-corrected chi connectivity index (χ1v) is 9.52. The zero-order chi connectivity index (χ0) is 18.8. The summed E-state index contributed by atoms with van der Waals surface area (Å²) in [5, 5.41) is 0.915. The number of thiazole rings is 1. The lowest BCUT2D eigenvalue weighted by Gasteiger charge is -2.38. The number of fused-ring (bicyclic) bond motifs is 1. The van der Waals surface area contributed by atoms with Crippen LogP contribution in [0, 0.1) is 6.92 Å². The van der Waals surface area contributed by atoms with E-state index in [1.165, 1.54) is 0 Å². The van der Waals surface area contributed by atoms with Crippen molar-refractivity contribution in [3.05, 3.63) is 48.0 Å². The standard InChI is InChI=1S/C20H20N2O4S/c1-13-6-3-4-7-15(13)25-12-18(23)26-14-10-22(11-14)20-21-19-16(24-2)8-5-9-17(19)27-20/h3-9,14H,10-12H2,1-2H3. The number of nitrogens with zero attached hydrogens (tertiary/aromatic N) is 2. The molecule has 2 heterocycles. The first-order valence-electron chi connectivity index (χ1n) is 8.70. The highest BCUT2D eigenvalue weighted by molar-refractivity contribution is 7.22. The second-order valence-corrected chi connectivity index (χ2v) is 7.38. The van der Waals surface area contributed by atoms with Crippen LogP contribution in [0.4, 0.5) is 5.13 Å². The fraction of sp³-hybridized carbons (Fsp3) is 0.300. The molecule has 2 aromatic carbocycles. The average Bonchev–Trinajstić information content (AvgIpc) is 3.07. The molecule has 0 radical (unpaired) electrons. The zero-order valence-electron chi connectivity index (χ0n) is 15.2. The third-order valence-electron chi connectivity index (χ3n) is 4.45.